The molecule has 0 saturated carbocycles. The zero-order valence-corrected chi connectivity index (χ0v) is 12.6. The van der Waals surface area contributed by atoms with Crippen LogP contribution in [0, 0.1) is 6.92 Å². The van der Waals surface area contributed by atoms with E-state index in [1.54, 1.807) is 31.5 Å². The minimum absolute atomic E-state index is 0.227. The van der Waals surface area contributed by atoms with Crippen LogP contribution in [0.4, 0.5) is 0 Å². The predicted molar refractivity (Wildman–Crippen MR) is 87.2 cm³/mol. The van der Waals surface area contributed by atoms with Crippen LogP contribution in [0.3, 0.4) is 0 Å². The minimum Gasteiger partial charge on any atom is -0.456 e. The summed E-state index contributed by atoms with van der Waals surface area (Å²) in [5.41, 5.74) is 4.87. The fourth-order valence-corrected chi connectivity index (χ4v) is 2.11. The molecule has 5 nitrogen and oxygen atoms in total. The summed E-state index contributed by atoms with van der Waals surface area (Å²) in [5, 5.41) is 4.27. The fourth-order valence-electron chi connectivity index (χ4n) is 2.11. The number of amides is 1. The number of carbonyl (C=O) groups excluding carboxylic acids is 1. The van der Waals surface area contributed by atoms with E-state index in [0.29, 0.717) is 11.5 Å². The summed E-state index contributed by atoms with van der Waals surface area (Å²) in [6.45, 7) is 1.78. The van der Waals surface area contributed by atoms with Gasteiger partial charge in [-0.3, -0.25) is 9.78 Å². The molecule has 0 fully saturated rings. The Bertz CT molecular complexity index is 782. The van der Waals surface area contributed by atoms with Gasteiger partial charge in [0, 0.05) is 23.5 Å². The number of hydrogen-bond donors (Lipinski definition) is 1. The maximum Gasteiger partial charge on any atom is 0.307 e. The Balaban J connectivity index is 1.91. The second-order valence-corrected chi connectivity index (χ2v) is 4.92. The second-order valence-electron chi connectivity index (χ2n) is 4.92. The molecule has 23 heavy (non-hydrogen) atoms. The molecule has 0 aliphatic carbocycles. The van der Waals surface area contributed by atoms with Crippen molar-refractivity contribution in [1.29, 1.82) is 0 Å². The maximum atomic E-state index is 12.1. The lowest BCUT2D eigenvalue weighted by Gasteiger charge is -2.07. The van der Waals surface area contributed by atoms with Gasteiger partial charge in [0.2, 0.25) is 0 Å². The highest BCUT2D eigenvalue weighted by molar-refractivity contribution is 6.13. The molecule has 0 spiro atoms. The van der Waals surface area contributed by atoms with Crippen LogP contribution in [0.2, 0.25) is 0 Å². The molecule has 0 atom stereocenters. The topological polar surface area (TPSA) is 67.5 Å². The van der Waals surface area contributed by atoms with E-state index >= 15 is 0 Å². The van der Waals surface area contributed by atoms with Crippen LogP contribution in [-0.4, -0.2) is 16.6 Å². The highest BCUT2D eigenvalue weighted by atomic mass is 16.3. The first-order chi connectivity index (χ1) is 11.2. The van der Waals surface area contributed by atoms with Crippen molar-refractivity contribution in [3.63, 3.8) is 0 Å². The molecule has 2 aromatic heterocycles. The van der Waals surface area contributed by atoms with E-state index in [0.717, 1.165) is 11.1 Å². The molecule has 3 aromatic rings. The van der Waals surface area contributed by atoms with Crippen molar-refractivity contribution in [2.75, 3.05) is 0 Å². The number of pyridine rings is 1. The van der Waals surface area contributed by atoms with E-state index in [4.69, 9.17) is 4.42 Å². The Morgan fingerprint density at radius 1 is 1.04 bits per heavy atom. The first kappa shape index (κ1) is 14.7. The number of carbonyl (C=O) groups is 1. The van der Waals surface area contributed by atoms with Gasteiger partial charge in [0.25, 0.3) is 0 Å². The van der Waals surface area contributed by atoms with E-state index in [2.05, 4.69) is 15.5 Å². The highest BCUT2D eigenvalue weighted by Crippen LogP contribution is 2.10. The number of nitrogens with zero attached hydrogens (tertiary/aromatic N) is 2. The summed E-state index contributed by atoms with van der Waals surface area (Å²) in [5.74, 6) is 0.509. The first-order valence-electron chi connectivity index (χ1n) is 7.14. The minimum atomic E-state index is -0.393. The van der Waals surface area contributed by atoms with Gasteiger partial charge < -0.3 is 4.42 Å². The summed E-state index contributed by atoms with van der Waals surface area (Å²) in [6, 6.07) is 16.7. The van der Waals surface area contributed by atoms with Crippen molar-refractivity contribution < 1.29 is 9.21 Å². The Hall–Kier alpha value is -3.21. The standard InChI is InChI=1S/C18H15N3O2/c1-13-9-10-16(23-13)18(22)21-20-17(14-6-3-2-4-7-14)15-8-5-11-19-12-15/h2-12H,1H3,(H,21,22). The first-order valence-corrected chi connectivity index (χ1v) is 7.14. The number of aromatic nitrogens is 1. The average Bonchev–Trinajstić information content (AvgIpc) is 3.03. The number of hydrogen-bond acceptors (Lipinski definition) is 4. The molecule has 0 bridgehead atoms. The van der Waals surface area contributed by atoms with Gasteiger partial charge in [0.1, 0.15) is 5.76 Å². The fraction of sp³-hybridized carbons (Fsp3) is 0.0556. The van der Waals surface area contributed by atoms with Crippen molar-refractivity contribution in [3.8, 4) is 0 Å². The molecule has 0 unspecified atom stereocenters. The lowest BCUT2D eigenvalue weighted by molar-refractivity contribution is 0.0926. The van der Waals surface area contributed by atoms with Crippen LogP contribution in [0.15, 0.2) is 76.5 Å². The van der Waals surface area contributed by atoms with Gasteiger partial charge in [0.15, 0.2) is 5.76 Å². The number of benzene rings is 1. The van der Waals surface area contributed by atoms with E-state index in [-0.39, 0.29) is 5.76 Å². The number of rotatable bonds is 4. The van der Waals surface area contributed by atoms with Gasteiger partial charge in [-0.2, -0.15) is 5.10 Å². The molecular weight excluding hydrogens is 290 g/mol. The molecule has 114 valence electrons. The zero-order valence-electron chi connectivity index (χ0n) is 12.6. The van der Waals surface area contributed by atoms with Gasteiger partial charge >= 0.3 is 5.91 Å². The quantitative estimate of drug-likeness (QED) is 0.594. The smallest absolute Gasteiger partial charge is 0.307 e. The van der Waals surface area contributed by atoms with Crippen LogP contribution < -0.4 is 5.43 Å². The van der Waals surface area contributed by atoms with E-state index in [1.165, 1.54) is 0 Å². The predicted octanol–water partition coefficient (Wildman–Crippen LogP) is 3.17. The van der Waals surface area contributed by atoms with Crippen LogP contribution in [0.25, 0.3) is 0 Å². The number of aryl methyl sites for hydroxylation is 1. The molecule has 0 aliphatic heterocycles. The lowest BCUT2D eigenvalue weighted by atomic mass is 10.0. The van der Waals surface area contributed by atoms with Gasteiger partial charge in [-0.1, -0.05) is 30.3 Å². The highest BCUT2D eigenvalue weighted by Gasteiger charge is 2.11. The van der Waals surface area contributed by atoms with Crippen molar-refractivity contribution in [2.24, 2.45) is 5.10 Å². The summed E-state index contributed by atoms with van der Waals surface area (Å²) >= 11 is 0. The molecule has 0 saturated heterocycles. The van der Waals surface area contributed by atoms with Crippen molar-refractivity contribution >= 4 is 11.6 Å². The van der Waals surface area contributed by atoms with Gasteiger partial charge in [-0.25, -0.2) is 5.43 Å². The molecular formula is C18H15N3O2. The van der Waals surface area contributed by atoms with Crippen LogP contribution in [-0.2, 0) is 0 Å². The molecule has 5 heteroatoms. The molecule has 0 radical (unpaired) electrons. The normalized spacial score (nSPS) is 11.3. The molecule has 0 aliphatic rings. The molecule has 1 N–H and O–H groups in total. The van der Waals surface area contributed by atoms with E-state index < -0.39 is 5.91 Å². The summed E-state index contributed by atoms with van der Waals surface area (Å²) in [6.07, 6.45) is 3.39. The van der Waals surface area contributed by atoms with Crippen LogP contribution >= 0.6 is 0 Å². The third kappa shape index (κ3) is 3.52. The Labute approximate surface area is 133 Å². The third-order valence-electron chi connectivity index (χ3n) is 3.22. The third-order valence-corrected chi connectivity index (χ3v) is 3.22. The van der Waals surface area contributed by atoms with Crippen molar-refractivity contribution in [3.05, 3.63) is 89.6 Å². The summed E-state index contributed by atoms with van der Waals surface area (Å²) < 4.78 is 5.30. The van der Waals surface area contributed by atoms with Crippen LogP contribution in [0.5, 0.6) is 0 Å². The van der Waals surface area contributed by atoms with E-state index in [9.17, 15) is 4.79 Å². The van der Waals surface area contributed by atoms with E-state index in [1.807, 2.05) is 42.5 Å². The largest absolute Gasteiger partial charge is 0.456 e. The Morgan fingerprint density at radius 2 is 1.83 bits per heavy atom. The van der Waals surface area contributed by atoms with Gasteiger partial charge in [-0.15, -0.1) is 0 Å². The molecule has 1 amide bonds. The number of furan rings is 1. The number of hydrazone groups is 1. The Morgan fingerprint density at radius 3 is 2.48 bits per heavy atom. The molecule has 3 rings (SSSR count). The Kier molecular flexibility index (Phi) is 4.29. The number of nitrogens with one attached hydrogen (secondary N) is 1. The average molecular weight is 305 g/mol. The summed E-state index contributed by atoms with van der Waals surface area (Å²) in [7, 11) is 0. The van der Waals surface area contributed by atoms with Gasteiger partial charge in [-0.05, 0) is 31.2 Å². The SMILES string of the molecule is Cc1ccc(C(=O)NN=C(c2ccccc2)c2cccnc2)o1. The van der Waals surface area contributed by atoms with Crippen molar-refractivity contribution in [1.82, 2.24) is 10.4 Å². The van der Waals surface area contributed by atoms with Gasteiger partial charge in [0.05, 0.1) is 5.71 Å². The monoisotopic (exact) mass is 305 g/mol. The maximum absolute atomic E-state index is 12.1. The van der Waals surface area contributed by atoms with Crippen molar-refractivity contribution in [2.45, 2.75) is 6.92 Å². The molecule has 2 heterocycles. The van der Waals surface area contributed by atoms with Crippen LogP contribution in [0.1, 0.15) is 27.4 Å². The summed E-state index contributed by atoms with van der Waals surface area (Å²) in [4.78, 5) is 16.2. The zero-order chi connectivity index (χ0) is 16.1. The lowest BCUT2D eigenvalue weighted by Crippen LogP contribution is -2.20. The second kappa shape index (κ2) is 6.70. The molecule has 1 aromatic carbocycles.